The third kappa shape index (κ3) is 5.66. The zero-order valence-electron chi connectivity index (χ0n) is 16.2. The smallest absolute Gasteiger partial charge is 0.226 e. The fourth-order valence-corrected chi connectivity index (χ4v) is 4.15. The van der Waals surface area contributed by atoms with Crippen molar-refractivity contribution in [3.8, 4) is 5.75 Å². The average molecular weight is 418 g/mol. The third-order valence-corrected chi connectivity index (χ3v) is 5.66. The normalized spacial score (nSPS) is 18.0. The van der Waals surface area contributed by atoms with Crippen LogP contribution in [-0.2, 0) is 4.79 Å². The van der Waals surface area contributed by atoms with Crippen LogP contribution in [0.1, 0.15) is 20.3 Å². The van der Waals surface area contributed by atoms with E-state index in [1.54, 1.807) is 36.0 Å². The molecule has 1 unspecified atom stereocenters. The van der Waals surface area contributed by atoms with Crippen LogP contribution in [0.3, 0.4) is 0 Å². The SMILES string of the molecule is CC(C)Oc1cccc(N=C2SCC(CC(=O)Nc3ccc(Cl)cc3)N2C)c1. The van der Waals surface area contributed by atoms with Crippen LogP contribution in [0, 0.1) is 0 Å². The molecule has 3 rings (SSSR count). The van der Waals surface area contributed by atoms with Crippen LogP contribution in [0.25, 0.3) is 0 Å². The number of nitrogens with one attached hydrogen (secondary N) is 1. The molecule has 1 aliphatic heterocycles. The maximum Gasteiger partial charge on any atom is 0.226 e. The van der Waals surface area contributed by atoms with Crippen molar-refractivity contribution >= 4 is 45.8 Å². The van der Waals surface area contributed by atoms with Gasteiger partial charge in [0.15, 0.2) is 5.17 Å². The first kappa shape index (κ1) is 20.6. The van der Waals surface area contributed by atoms with E-state index in [-0.39, 0.29) is 18.1 Å². The lowest BCUT2D eigenvalue weighted by Gasteiger charge is -2.20. The molecule has 2 aromatic carbocycles. The minimum Gasteiger partial charge on any atom is -0.491 e. The number of anilines is 1. The molecule has 1 N–H and O–H groups in total. The Hall–Kier alpha value is -2.18. The number of ether oxygens (including phenoxy) is 1. The highest BCUT2D eigenvalue weighted by Crippen LogP contribution is 2.29. The summed E-state index contributed by atoms with van der Waals surface area (Å²) in [7, 11) is 1.98. The van der Waals surface area contributed by atoms with Gasteiger partial charge >= 0.3 is 0 Å². The number of amidine groups is 1. The molecule has 1 atom stereocenters. The number of thioether (sulfide) groups is 1. The number of hydrogen-bond donors (Lipinski definition) is 1. The maximum absolute atomic E-state index is 12.4. The molecule has 1 amide bonds. The van der Waals surface area contributed by atoms with Gasteiger partial charge in [-0.25, -0.2) is 4.99 Å². The Balaban J connectivity index is 1.61. The highest BCUT2D eigenvalue weighted by molar-refractivity contribution is 8.14. The first-order valence-corrected chi connectivity index (χ1v) is 10.5. The monoisotopic (exact) mass is 417 g/mol. The summed E-state index contributed by atoms with van der Waals surface area (Å²) >= 11 is 7.54. The second-order valence-electron chi connectivity index (χ2n) is 6.89. The Morgan fingerprint density at radius 3 is 2.79 bits per heavy atom. The van der Waals surface area contributed by atoms with Crippen molar-refractivity contribution in [3.63, 3.8) is 0 Å². The van der Waals surface area contributed by atoms with E-state index in [1.807, 2.05) is 45.2 Å². The van der Waals surface area contributed by atoms with Gasteiger partial charge in [-0.3, -0.25) is 4.79 Å². The van der Waals surface area contributed by atoms with Crippen molar-refractivity contribution < 1.29 is 9.53 Å². The number of benzene rings is 2. The van der Waals surface area contributed by atoms with Gasteiger partial charge in [-0.15, -0.1) is 0 Å². The molecule has 1 fully saturated rings. The summed E-state index contributed by atoms with van der Waals surface area (Å²) in [5.74, 6) is 1.61. The fraction of sp³-hybridized carbons (Fsp3) is 0.333. The van der Waals surface area contributed by atoms with E-state index >= 15 is 0 Å². The highest BCUT2D eigenvalue weighted by atomic mass is 35.5. The second-order valence-corrected chi connectivity index (χ2v) is 8.32. The van der Waals surface area contributed by atoms with Crippen LogP contribution in [0.2, 0.25) is 5.02 Å². The molecule has 148 valence electrons. The molecule has 1 saturated heterocycles. The van der Waals surface area contributed by atoms with Gasteiger partial charge in [0.05, 0.1) is 11.8 Å². The van der Waals surface area contributed by atoms with Crippen molar-refractivity contribution in [2.75, 3.05) is 18.1 Å². The van der Waals surface area contributed by atoms with E-state index in [2.05, 4.69) is 10.2 Å². The van der Waals surface area contributed by atoms with Gasteiger partial charge in [0.25, 0.3) is 0 Å². The quantitative estimate of drug-likeness (QED) is 0.702. The summed E-state index contributed by atoms with van der Waals surface area (Å²) in [6.45, 7) is 4.00. The number of amides is 1. The average Bonchev–Trinajstić information content (AvgIpc) is 2.97. The summed E-state index contributed by atoms with van der Waals surface area (Å²) in [5, 5.41) is 4.47. The van der Waals surface area contributed by atoms with Gasteiger partial charge in [0, 0.05) is 42.0 Å². The lowest BCUT2D eigenvalue weighted by molar-refractivity contribution is -0.116. The summed E-state index contributed by atoms with van der Waals surface area (Å²) in [4.78, 5) is 19.2. The van der Waals surface area contributed by atoms with Crippen LogP contribution in [0.15, 0.2) is 53.5 Å². The lowest BCUT2D eigenvalue weighted by Crippen LogP contribution is -2.33. The predicted molar refractivity (Wildman–Crippen MR) is 118 cm³/mol. The number of carbonyl (C=O) groups excluding carboxylic acids is 1. The van der Waals surface area contributed by atoms with E-state index in [1.165, 1.54) is 0 Å². The topological polar surface area (TPSA) is 53.9 Å². The van der Waals surface area contributed by atoms with Gasteiger partial charge in [0.2, 0.25) is 5.91 Å². The molecule has 0 saturated carbocycles. The minimum atomic E-state index is -0.0200. The molecular formula is C21H24ClN3O2S. The Labute approximate surface area is 175 Å². The van der Waals surface area contributed by atoms with Crippen LogP contribution >= 0.6 is 23.4 Å². The van der Waals surface area contributed by atoms with Crippen LogP contribution < -0.4 is 10.1 Å². The molecular weight excluding hydrogens is 394 g/mol. The van der Waals surface area contributed by atoms with E-state index < -0.39 is 0 Å². The number of carbonyl (C=O) groups is 1. The number of nitrogens with zero attached hydrogens (tertiary/aromatic N) is 2. The molecule has 0 bridgehead atoms. The first-order valence-electron chi connectivity index (χ1n) is 9.17. The lowest BCUT2D eigenvalue weighted by atomic mass is 10.2. The molecule has 7 heteroatoms. The molecule has 5 nitrogen and oxygen atoms in total. The molecule has 1 aliphatic rings. The largest absolute Gasteiger partial charge is 0.491 e. The summed E-state index contributed by atoms with van der Waals surface area (Å²) < 4.78 is 5.73. The van der Waals surface area contributed by atoms with Crippen molar-refractivity contribution in [3.05, 3.63) is 53.6 Å². The van der Waals surface area contributed by atoms with Gasteiger partial charge < -0.3 is 15.0 Å². The summed E-state index contributed by atoms with van der Waals surface area (Å²) in [5.41, 5.74) is 1.59. The number of halogens is 1. The fourth-order valence-electron chi connectivity index (χ4n) is 2.82. The molecule has 1 heterocycles. The van der Waals surface area contributed by atoms with E-state index in [0.29, 0.717) is 11.4 Å². The third-order valence-electron chi connectivity index (χ3n) is 4.22. The van der Waals surface area contributed by atoms with Crippen LogP contribution in [0.5, 0.6) is 5.75 Å². The zero-order chi connectivity index (χ0) is 20.1. The minimum absolute atomic E-state index is 0.0200. The number of rotatable bonds is 6. The van der Waals surface area contributed by atoms with E-state index in [4.69, 9.17) is 21.3 Å². The molecule has 28 heavy (non-hydrogen) atoms. The standard InChI is InChI=1S/C21H24ClN3O2S/c1-14(2)27-19-6-4-5-17(11-19)24-21-25(3)18(13-28-21)12-20(26)23-16-9-7-15(22)8-10-16/h4-11,14,18H,12-13H2,1-3H3,(H,23,26). The number of hydrogen-bond acceptors (Lipinski definition) is 4. The van der Waals surface area contributed by atoms with Gasteiger partial charge in [0.1, 0.15) is 5.75 Å². The Morgan fingerprint density at radius 2 is 2.07 bits per heavy atom. The maximum atomic E-state index is 12.4. The summed E-state index contributed by atoms with van der Waals surface area (Å²) in [6, 6.07) is 15.0. The van der Waals surface area contributed by atoms with E-state index in [0.717, 1.165) is 28.0 Å². The van der Waals surface area contributed by atoms with Crippen molar-refractivity contribution in [1.82, 2.24) is 4.90 Å². The second kappa shape index (κ2) is 9.34. The van der Waals surface area contributed by atoms with Gasteiger partial charge in [-0.2, -0.15) is 0 Å². The van der Waals surface area contributed by atoms with E-state index in [9.17, 15) is 4.79 Å². The molecule has 0 radical (unpaired) electrons. The summed E-state index contributed by atoms with van der Waals surface area (Å²) in [6.07, 6.45) is 0.525. The molecule has 0 aliphatic carbocycles. The van der Waals surface area contributed by atoms with Gasteiger partial charge in [-0.05, 0) is 50.2 Å². The molecule has 2 aromatic rings. The number of aliphatic imine (C=N–C) groups is 1. The molecule has 0 spiro atoms. The zero-order valence-corrected chi connectivity index (χ0v) is 17.8. The van der Waals surface area contributed by atoms with Crippen molar-refractivity contribution in [1.29, 1.82) is 0 Å². The Kier molecular flexibility index (Phi) is 6.86. The predicted octanol–water partition coefficient (Wildman–Crippen LogP) is 5.19. The molecule has 0 aromatic heterocycles. The Bertz CT molecular complexity index is 855. The first-order chi connectivity index (χ1) is 13.4. The van der Waals surface area contributed by atoms with Crippen LogP contribution in [-0.4, -0.2) is 40.9 Å². The van der Waals surface area contributed by atoms with Gasteiger partial charge in [-0.1, -0.05) is 29.4 Å². The highest BCUT2D eigenvalue weighted by Gasteiger charge is 2.29. The Morgan fingerprint density at radius 1 is 1.32 bits per heavy atom. The van der Waals surface area contributed by atoms with Crippen LogP contribution in [0.4, 0.5) is 11.4 Å². The van der Waals surface area contributed by atoms with Crippen molar-refractivity contribution in [2.45, 2.75) is 32.4 Å². The van der Waals surface area contributed by atoms with Crippen molar-refractivity contribution in [2.24, 2.45) is 4.99 Å².